The van der Waals surface area contributed by atoms with E-state index in [-0.39, 0.29) is 38.9 Å². The Bertz CT molecular complexity index is 705. The molecular formula is C17H18F4N2O4. The number of hydrogen-bond donors (Lipinski definition) is 1. The van der Waals surface area contributed by atoms with Gasteiger partial charge in [-0.2, -0.15) is 0 Å². The van der Waals surface area contributed by atoms with E-state index < -0.39 is 24.0 Å². The number of nitrogens with zero attached hydrogens (tertiary/aromatic N) is 2. The molecule has 0 saturated carbocycles. The number of piperazine rings is 1. The lowest BCUT2D eigenvalue weighted by atomic mass is 10.1. The number of carboxylic acid groups (broad SMARTS) is 1. The second-order valence-corrected chi connectivity index (χ2v) is 5.88. The van der Waals surface area contributed by atoms with E-state index in [4.69, 9.17) is 16.3 Å². The number of amides is 1. The molecule has 0 radical (unpaired) electrons. The van der Waals surface area contributed by atoms with Crippen molar-refractivity contribution in [3.8, 4) is 18.1 Å². The summed E-state index contributed by atoms with van der Waals surface area (Å²) in [6, 6.07) is 2.88. The molecule has 1 atom stereocenters. The molecule has 1 N–H and O–H groups in total. The van der Waals surface area contributed by atoms with Crippen molar-refractivity contribution in [3.05, 3.63) is 29.6 Å². The summed E-state index contributed by atoms with van der Waals surface area (Å²) in [6.07, 6.45) is -0.911. The molecule has 1 heterocycles. The Labute approximate surface area is 153 Å². The Morgan fingerprint density at radius 2 is 2.11 bits per heavy atom. The third-order valence-electron chi connectivity index (χ3n) is 3.98. The fourth-order valence-corrected chi connectivity index (χ4v) is 2.77. The molecule has 1 aliphatic heterocycles. The quantitative estimate of drug-likeness (QED) is 0.460. The highest BCUT2D eigenvalue weighted by molar-refractivity contribution is 5.65. The molecule has 27 heavy (non-hydrogen) atoms. The van der Waals surface area contributed by atoms with Crippen molar-refractivity contribution in [2.24, 2.45) is 0 Å². The van der Waals surface area contributed by atoms with Gasteiger partial charge in [-0.25, -0.2) is 9.18 Å². The molecule has 1 amide bonds. The highest BCUT2D eigenvalue weighted by Crippen LogP contribution is 2.27. The first kappa shape index (κ1) is 20.8. The SMILES string of the molecule is C#CCOCC1CN(C(=O)O)CCN1Cc1ccc(OC(F)(F)F)c(F)c1. The lowest BCUT2D eigenvalue weighted by Gasteiger charge is -2.40. The Hall–Kier alpha value is -2.51. The summed E-state index contributed by atoms with van der Waals surface area (Å²) in [6.45, 7) is 1.23. The molecule has 10 heteroatoms. The first-order valence-electron chi connectivity index (χ1n) is 7.97. The summed E-state index contributed by atoms with van der Waals surface area (Å²) in [5, 5.41) is 9.14. The maximum atomic E-state index is 13.9. The zero-order valence-electron chi connectivity index (χ0n) is 14.2. The van der Waals surface area contributed by atoms with Crippen LogP contribution in [-0.2, 0) is 11.3 Å². The van der Waals surface area contributed by atoms with Gasteiger partial charge in [0, 0.05) is 26.2 Å². The highest BCUT2D eigenvalue weighted by Gasteiger charge is 2.33. The van der Waals surface area contributed by atoms with Gasteiger partial charge in [0.2, 0.25) is 0 Å². The Kier molecular flexibility index (Phi) is 6.87. The van der Waals surface area contributed by atoms with E-state index in [1.54, 1.807) is 0 Å². The molecule has 1 aliphatic rings. The molecule has 0 aromatic heterocycles. The van der Waals surface area contributed by atoms with Crippen LogP contribution in [-0.4, -0.2) is 66.3 Å². The summed E-state index contributed by atoms with van der Waals surface area (Å²) in [5.74, 6) is 0.275. The number of terminal acetylenes is 1. The van der Waals surface area contributed by atoms with Gasteiger partial charge in [-0.3, -0.25) is 4.90 Å². The summed E-state index contributed by atoms with van der Waals surface area (Å²) in [5.41, 5.74) is 0.424. The predicted molar refractivity (Wildman–Crippen MR) is 86.5 cm³/mol. The summed E-state index contributed by atoms with van der Waals surface area (Å²) >= 11 is 0. The Morgan fingerprint density at radius 3 is 2.70 bits per heavy atom. The molecule has 1 fully saturated rings. The first-order chi connectivity index (χ1) is 12.7. The largest absolute Gasteiger partial charge is 0.573 e. The number of benzene rings is 1. The van der Waals surface area contributed by atoms with E-state index in [0.29, 0.717) is 12.1 Å². The molecule has 2 rings (SSSR count). The van der Waals surface area contributed by atoms with Crippen LogP contribution in [0.25, 0.3) is 0 Å². The third-order valence-corrected chi connectivity index (χ3v) is 3.98. The second kappa shape index (κ2) is 8.92. The Morgan fingerprint density at radius 1 is 1.37 bits per heavy atom. The monoisotopic (exact) mass is 390 g/mol. The highest BCUT2D eigenvalue weighted by atomic mass is 19.4. The second-order valence-electron chi connectivity index (χ2n) is 5.88. The fourth-order valence-electron chi connectivity index (χ4n) is 2.77. The fraction of sp³-hybridized carbons (Fsp3) is 0.471. The summed E-state index contributed by atoms with van der Waals surface area (Å²) in [7, 11) is 0. The molecular weight excluding hydrogens is 372 g/mol. The molecule has 0 bridgehead atoms. The normalized spacial score (nSPS) is 18.2. The van der Waals surface area contributed by atoms with Crippen molar-refractivity contribution in [2.45, 2.75) is 18.9 Å². The maximum absolute atomic E-state index is 13.9. The van der Waals surface area contributed by atoms with Gasteiger partial charge in [0.15, 0.2) is 11.6 Å². The average Bonchev–Trinajstić information content (AvgIpc) is 2.57. The van der Waals surface area contributed by atoms with Gasteiger partial charge >= 0.3 is 12.5 Å². The molecule has 1 aromatic carbocycles. The third kappa shape index (κ3) is 6.30. The van der Waals surface area contributed by atoms with Crippen molar-refractivity contribution in [2.75, 3.05) is 32.8 Å². The van der Waals surface area contributed by atoms with Gasteiger partial charge in [0.25, 0.3) is 0 Å². The van der Waals surface area contributed by atoms with E-state index >= 15 is 0 Å². The molecule has 148 valence electrons. The van der Waals surface area contributed by atoms with Crippen molar-refractivity contribution in [1.82, 2.24) is 9.80 Å². The van der Waals surface area contributed by atoms with Crippen LogP contribution in [0.5, 0.6) is 5.75 Å². The average molecular weight is 390 g/mol. The molecule has 1 aromatic rings. The minimum atomic E-state index is -4.98. The van der Waals surface area contributed by atoms with Crippen molar-refractivity contribution in [3.63, 3.8) is 0 Å². The number of carbonyl (C=O) groups is 1. The van der Waals surface area contributed by atoms with Crippen LogP contribution in [0.15, 0.2) is 18.2 Å². The zero-order valence-corrected chi connectivity index (χ0v) is 14.2. The lowest BCUT2D eigenvalue weighted by Crippen LogP contribution is -2.55. The summed E-state index contributed by atoms with van der Waals surface area (Å²) < 4.78 is 59.4. The number of halogens is 4. The maximum Gasteiger partial charge on any atom is 0.573 e. The lowest BCUT2D eigenvalue weighted by molar-refractivity contribution is -0.275. The van der Waals surface area contributed by atoms with Crippen LogP contribution >= 0.6 is 0 Å². The topological polar surface area (TPSA) is 62.2 Å². The zero-order chi connectivity index (χ0) is 20.0. The molecule has 1 unspecified atom stereocenters. The number of ether oxygens (including phenoxy) is 2. The predicted octanol–water partition coefficient (Wildman–Crippen LogP) is 2.54. The van der Waals surface area contributed by atoms with Gasteiger partial charge in [0.1, 0.15) is 6.61 Å². The van der Waals surface area contributed by atoms with Crippen LogP contribution in [0.3, 0.4) is 0 Å². The molecule has 1 saturated heterocycles. The van der Waals surface area contributed by atoms with E-state index in [1.807, 2.05) is 4.90 Å². The Balaban J connectivity index is 2.07. The van der Waals surface area contributed by atoms with Crippen LogP contribution in [0.1, 0.15) is 5.56 Å². The van der Waals surface area contributed by atoms with Crippen molar-refractivity contribution < 1.29 is 36.9 Å². The standard InChI is InChI=1S/C17H18F4N2O4/c1-2-7-26-11-13-10-23(16(24)25)6-5-22(13)9-12-3-4-15(14(18)8-12)27-17(19,20)21/h1,3-4,8,13H,5-7,9-11H2,(H,24,25). The van der Waals surface area contributed by atoms with E-state index in [0.717, 1.165) is 12.1 Å². The van der Waals surface area contributed by atoms with Crippen LogP contribution in [0.2, 0.25) is 0 Å². The van der Waals surface area contributed by atoms with Gasteiger partial charge in [0.05, 0.1) is 12.6 Å². The van der Waals surface area contributed by atoms with Gasteiger partial charge in [-0.05, 0) is 17.7 Å². The van der Waals surface area contributed by atoms with Crippen LogP contribution in [0.4, 0.5) is 22.4 Å². The molecule has 0 spiro atoms. The van der Waals surface area contributed by atoms with Gasteiger partial charge in [-0.15, -0.1) is 19.6 Å². The van der Waals surface area contributed by atoms with E-state index in [9.17, 15) is 22.4 Å². The van der Waals surface area contributed by atoms with E-state index in [1.165, 1.54) is 11.0 Å². The number of alkyl halides is 3. The van der Waals surface area contributed by atoms with E-state index in [2.05, 4.69) is 10.7 Å². The minimum Gasteiger partial charge on any atom is -0.465 e. The minimum absolute atomic E-state index is 0.0650. The summed E-state index contributed by atoms with van der Waals surface area (Å²) in [4.78, 5) is 14.3. The van der Waals surface area contributed by atoms with Crippen LogP contribution < -0.4 is 4.74 Å². The van der Waals surface area contributed by atoms with Crippen molar-refractivity contribution in [1.29, 1.82) is 0 Å². The van der Waals surface area contributed by atoms with Gasteiger partial charge in [-0.1, -0.05) is 12.0 Å². The molecule has 0 aliphatic carbocycles. The number of hydrogen-bond acceptors (Lipinski definition) is 4. The molecule has 6 nitrogen and oxygen atoms in total. The number of rotatable bonds is 6. The van der Waals surface area contributed by atoms with Crippen LogP contribution in [0, 0.1) is 18.2 Å². The van der Waals surface area contributed by atoms with Gasteiger partial charge < -0.3 is 19.5 Å². The van der Waals surface area contributed by atoms with Crippen molar-refractivity contribution >= 4 is 6.09 Å². The smallest absolute Gasteiger partial charge is 0.465 e. The first-order valence-corrected chi connectivity index (χ1v) is 7.97.